The van der Waals surface area contributed by atoms with Crippen molar-refractivity contribution in [2.24, 2.45) is 5.92 Å². The summed E-state index contributed by atoms with van der Waals surface area (Å²) in [6.45, 7) is 3.80. The van der Waals surface area contributed by atoms with E-state index in [1.165, 1.54) is 16.2 Å². The maximum atomic E-state index is 12.4. The minimum Gasteiger partial charge on any atom is -0.548 e. The van der Waals surface area contributed by atoms with Crippen molar-refractivity contribution in [3.63, 3.8) is 0 Å². The number of carboxylic acid groups (broad SMARTS) is 1. The van der Waals surface area contributed by atoms with Gasteiger partial charge >= 0.3 is 0 Å². The molecule has 1 aromatic rings. The van der Waals surface area contributed by atoms with Gasteiger partial charge in [-0.25, -0.2) is 0 Å². The molecule has 1 saturated heterocycles. The number of hydrogen-bond donors (Lipinski definition) is 0. The average Bonchev–Trinajstić information content (AvgIpc) is 2.97. The third-order valence-corrected chi connectivity index (χ3v) is 5.07. The van der Waals surface area contributed by atoms with Gasteiger partial charge in [-0.3, -0.25) is 9.69 Å². The summed E-state index contributed by atoms with van der Waals surface area (Å²) in [4.78, 5) is 26.3. The van der Waals surface area contributed by atoms with E-state index >= 15 is 0 Å². The number of thiophene rings is 1. The standard InChI is InChI=1S/C14H15NO3S3/c1-8(2)6-10(13(17)18)15-12(16)11(21-14(15)19)7-9-4-3-5-20-9/h3-5,7-8,10H,6H2,1-2H3,(H,17,18)/p-1/b11-7+/t10-/m0/s1. The fourth-order valence-corrected chi connectivity index (χ4v) is 4.08. The lowest BCUT2D eigenvalue weighted by Crippen LogP contribution is -2.50. The highest BCUT2D eigenvalue weighted by Crippen LogP contribution is 2.35. The van der Waals surface area contributed by atoms with Gasteiger partial charge in [0, 0.05) is 4.88 Å². The average molecular weight is 340 g/mol. The number of thioether (sulfide) groups is 1. The fourth-order valence-electron chi connectivity index (χ4n) is 2.00. The molecule has 0 aromatic carbocycles. The van der Waals surface area contributed by atoms with E-state index in [2.05, 4.69) is 0 Å². The van der Waals surface area contributed by atoms with Gasteiger partial charge in [0.1, 0.15) is 4.32 Å². The van der Waals surface area contributed by atoms with Crippen molar-refractivity contribution >= 4 is 57.6 Å². The van der Waals surface area contributed by atoms with E-state index < -0.39 is 12.0 Å². The third-order valence-electron chi connectivity index (χ3n) is 2.92. The van der Waals surface area contributed by atoms with E-state index in [4.69, 9.17) is 12.2 Å². The van der Waals surface area contributed by atoms with Crippen LogP contribution in [-0.2, 0) is 9.59 Å². The van der Waals surface area contributed by atoms with Crippen LogP contribution in [0.25, 0.3) is 6.08 Å². The van der Waals surface area contributed by atoms with E-state index in [-0.39, 0.29) is 16.1 Å². The molecule has 21 heavy (non-hydrogen) atoms. The zero-order chi connectivity index (χ0) is 15.6. The number of carboxylic acids is 1. The largest absolute Gasteiger partial charge is 0.548 e. The zero-order valence-corrected chi connectivity index (χ0v) is 14.0. The highest BCUT2D eigenvalue weighted by atomic mass is 32.2. The fraction of sp³-hybridized carbons (Fsp3) is 0.357. The topological polar surface area (TPSA) is 60.4 Å². The molecule has 0 N–H and O–H groups in total. The van der Waals surface area contributed by atoms with Gasteiger partial charge in [-0.05, 0) is 29.9 Å². The first-order valence-electron chi connectivity index (χ1n) is 6.41. The number of nitrogens with zero attached hydrogens (tertiary/aromatic N) is 1. The first kappa shape index (κ1) is 16.2. The second-order valence-electron chi connectivity index (χ2n) is 5.03. The molecular formula is C14H14NO3S3-. The van der Waals surface area contributed by atoms with Crippen LogP contribution in [-0.4, -0.2) is 27.1 Å². The minimum atomic E-state index is -1.27. The summed E-state index contributed by atoms with van der Waals surface area (Å²) in [7, 11) is 0. The van der Waals surface area contributed by atoms with Crippen LogP contribution in [0.1, 0.15) is 25.1 Å². The van der Waals surface area contributed by atoms with E-state index in [1.807, 2.05) is 31.4 Å². The number of carbonyl (C=O) groups is 2. The lowest BCUT2D eigenvalue weighted by molar-refractivity contribution is -0.310. The van der Waals surface area contributed by atoms with Crippen molar-refractivity contribution in [1.29, 1.82) is 0 Å². The summed E-state index contributed by atoms with van der Waals surface area (Å²) in [5.74, 6) is -1.50. The van der Waals surface area contributed by atoms with Gasteiger partial charge in [-0.15, -0.1) is 11.3 Å². The number of carbonyl (C=O) groups excluding carboxylic acids is 2. The molecule has 4 nitrogen and oxygen atoms in total. The van der Waals surface area contributed by atoms with Gasteiger partial charge in [0.15, 0.2) is 0 Å². The van der Waals surface area contributed by atoms with Crippen LogP contribution in [0.3, 0.4) is 0 Å². The van der Waals surface area contributed by atoms with Crippen LogP contribution < -0.4 is 5.11 Å². The summed E-state index contributed by atoms with van der Waals surface area (Å²) < 4.78 is 0.276. The Balaban J connectivity index is 2.27. The molecule has 2 heterocycles. The smallest absolute Gasteiger partial charge is 0.266 e. The summed E-state index contributed by atoms with van der Waals surface area (Å²) in [5.41, 5.74) is 0. The number of hydrogen-bond acceptors (Lipinski definition) is 6. The second kappa shape index (κ2) is 6.72. The Morgan fingerprint density at radius 1 is 1.52 bits per heavy atom. The SMILES string of the molecule is CC(C)C[C@@H](C(=O)[O-])N1C(=O)/C(=C\c2cccs2)SC1=S. The van der Waals surface area contributed by atoms with Crippen molar-refractivity contribution in [3.8, 4) is 0 Å². The van der Waals surface area contributed by atoms with Crippen molar-refractivity contribution in [2.45, 2.75) is 26.3 Å². The Kier molecular flexibility index (Phi) is 5.18. The Morgan fingerprint density at radius 2 is 2.24 bits per heavy atom. The summed E-state index contributed by atoms with van der Waals surface area (Å²) in [6.07, 6.45) is 2.06. The van der Waals surface area contributed by atoms with Crippen molar-refractivity contribution in [1.82, 2.24) is 4.90 Å². The van der Waals surface area contributed by atoms with Crippen molar-refractivity contribution in [3.05, 3.63) is 27.3 Å². The predicted molar refractivity (Wildman–Crippen MR) is 87.6 cm³/mol. The van der Waals surface area contributed by atoms with Crippen LogP contribution in [0.4, 0.5) is 0 Å². The van der Waals surface area contributed by atoms with Crippen LogP contribution >= 0.6 is 35.3 Å². The molecule has 0 bridgehead atoms. The van der Waals surface area contributed by atoms with E-state index in [1.54, 1.807) is 6.08 Å². The maximum absolute atomic E-state index is 12.4. The zero-order valence-electron chi connectivity index (χ0n) is 11.6. The first-order chi connectivity index (χ1) is 9.90. The molecule has 7 heteroatoms. The van der Waals surface area contributed by atoms with Crippen LogP contribution in [0.5, 0.6) is 0 Å². The third kappa shape index (κ3) is 3.72. The molecule has 0 radical (unpaired) electrons. The van der Waals surface area contributed by atoms with Gasteiger partial charge in [0.25, 0.3) is 5.91 Å². The summed E-state index contributed by atoms with van der Waals surface area (Å²) in [5, 5.41) is 13.3. The highest BCUT2D eigenvalue weighted by Gasteiger charge is 2.37. The van der Waals surface area contributed by atoms with Gasteiger partial charge in [-0.1, -0.05) is 43.9 Å². The monoisotopic (exact) mass is 340 g/mol. The van der Waals surface area contributed by atoms with Crippen molar-refractivity contribution in [2.75, 3.05) is 0 Å². The molecule has 1 amide bonds. The molecular weight excluding hydrogens is 326 g/mol. The number of thiocarbonyl (C=S) groups is 1. The number of aliphatic carboxylic acids is 1. The molecule has 1 atom stereocenters. The van der Waals surface area contributed by atoms with Gasteiger partial charge in [-0.2, -0.15) is 0 Å². The normalized spacial score (nSPS) is 18.8. The van der Waals surface area contributed by atoms with Gasteiger partial charge in [0.05, 0.1) is 16.9 Å². The Morgan fingerprint density at radius 3 is 2.76 bits per heavy atom. The van der Waals surface area contributed by atoms with E-state index in [0.29, 0.717) is 11.3 Å². The molecule has 2 rings (SSSR count). The summed E-state index contributed by atoms with van der Waals surface area (Å²) >= 11 is 7.82. The maximum Gasteiger partial charge on any atom is 0.266 e. The number of amides is 1. The Labute approximate surface area is 136 Å². The molecule has 1 aromatic heterocycles. The van der Waals surface area contributed by atoms with Crippen LogP contribution in [0, 0.1) is 5.92 Å². The molecule has 0 spiro atoms. The van der Waals surface area contributed by atoms with Crippen molar-refractivity contribution < 1.29 is 14.7 Å². The van der Waals surface area contributed by atoms with E-state index in [9.17, 15) is 14.7 Å². The first-order valence-corrected chi connectivity index (χ1v) is 8.52. The van der Waals surface area contributed by atoms with Gasteiger partial charge in [0.2, 0.25) is 0 Å². The summed E-state index contributed by atoms with van der Waals surface area (Å²) in [6, 6.07) is 2.77. The molecule has 0 saturated carbocycles. The quantitative estimate of drug-likeness (QED) is 0.607. The second-order valence-corrected chi connectivity index (χ2v) is 7.69. The molecule has 1 aliphatic heterocycles. The van der Waals surface area contributed by atoms with Crippen LogP contribution in [0.2, 0.25) is 0 Å². The Bertz CT molecular complexity index is 593. The molecule has 0 aliphatic carbocycles. The van der Waals surface area contributed by atoms with Crippen LogP contribution in [0.15, 0.2) is 22.4 Å². The minimum absolute atomic E-state index is 0.124. The molecule has 1 fully saturated rings. The lowest BCUT2D eigenvalue weighted by Gasteiger charge is -2.28. The van der Waals surface area contributed by atoms with E-state index in [0.717, 1.165) is 16.6 Å². The molecule has 0 unspecified atom stereocenters. The van der Waals surface area contributed by atoms with Gasteiger partial charge < -0.3 is 9.90 Å². The number of rotatable bonds is 5. The molecule has 112 valence electrons. The Hall–Kier alpha value is -1.18. The molecule has 1 aliphatic rings. The highest BCUT2D eigenvalue weighted by molar-refractivity contribution is 8.26. The predicted octanol–water partition coefficient (Wildman–Crippen LogP) is 2.11. The lowest BCUT2D eigenvalue weighted by atomic mass is 10.0.